The Balaban J connectivity index is 1.68. The Hall–Kier alpha value is -1.89. The predicted octanol–water partition coefficient (Wildman–Crippen LogP) is 1.01. The number of likely N-dealkylation sites (tertiary alicyclic amines) is 1. The van der Waals surface area contributed by atoms with Crippen LogP contribution in [-0.4, -0.2) is 52.1 Å². The fourth-order valence-corrected chi connectivity index (χ4v) is 3.66. The van der Waals surface area contributed by atoms with Gasteiger partial charge in [0.2, 0.25) is 11.8 Å². The maximum absolute atomic E-state index is 12.5. The van der Waals surface area contributed by atoms with Crippen LogP contribution in [0.15, 0.2) is 12.4 Å². The molecule has 132 valence electrons. The van der Waals surface area contributed by atoms with E-state index in [-0.39, 0.29) is 35.9 Å². The molecule has 7 nitrogen and oxygen atoms in total. The molecule has 0 spiro atoms. The number of rotatable bonds is 5. The van der Waals surface area contributed by atoms with E-state index in [9.17, 15) is 9.59 Å². The normalized spacial score (nSPS) is 30.1. The highest BCUT2D eigenvalue weighted by atomic mass is 16.5. The van der Waals surface area contributed by atoms with Crippen LogP contribution in [0.25, 0.3) is 0 Å². The van der Waals surface area contributed by atoms with Crippen molar-refractivity contribution < 1.29 is 14.3 Å². The Bertz CT molecular complexity index is 609. The minimum atomic E-state index is -0.224. The smallest absolute Gasteiger partial charge is 0.223 e. The summed E-state index contributed by atoms with van der Waals surface area (Å²) in [4.78, 5) is 30.8. The van der Waals surface area contributed by atoms with E-state index < -0.39 is 0 Å². The van der Waals surface area contributed by atoms with Crippen molar-refractivity contribution in [2.24, 2.45) is 13.0 Å². The number of carbonyl (C=O) groups excluding carboxylic acids is 2. The Morgan fingerprint density at radius 2 is 2.17 bits per heavy atom. The van der Waals surface area contributed by atoms with Crippen LogP contribution in [0.1, 0.15) is 44.5 Å². The maximum atomic E-state index is 12.5. The first-order valence-corrected chi connectivity index (χ1v) is 8.66. The molecule has 0 aromatic carbocycles. The molecule has 7 heteroatoms. The number of piperidine rings is 1. The van der Waals surface area contributed by atoms with Gasteiger partial charge in [0.1, 0.15) is 11.9 Å². The molecule has 3 rings (SSSR count). The van der Waals surface area contributed by atoms with Crippen LogP contribution in [0.4, 0.5) is 0 Å². The lowest BCUT2D eigenvalue weighted by molar-refractivity contribution is -0.141. The third-order valence-electron chi connectivity index (χ3n) is 5.18. The van der Waals surface area contributed by atoms with Crippen molar-refractivity contribution in [1.82, 2.24) is 19.8 Å². The van der Waals surface area contributed by atoms with Crippen LogP contribution in [0.5, 0.6) is 0 Å². The zero-order valence-electron chi connectivity index (χ0n) is 14.6. The third kappa shape index (κ3) is 3.17. The van der Waals surface area contributed by atoms with Gasteiger partial charge < -0.3 is 19.5 Å². The molecule has 2 fully saturated rings. The average molecular weight is 334 g/mol. The number of ether oxygens (including phenoxy) is 1. The molecule has 0 radical (unpaired) electrons. The van der Waals surface area contributed by atoms with E-state index in [4.69, 9.17) is 4.74 Å². The number of nitrogens with one attached hydrogen (secondary N) is 1. The molecule has 1 aliphatic carbocycles. The van der Waals surface area contributed by atoms with Gasteiger partial charge in [-0.15, -0.1) is 0 Å². The summed E-state index contributed by atoms with van der Waals surface area (Å²) in [5, 5.41) is 3.16. The van der Waals surface area contributed by atoms with E-state index >= 15 is 0 Å². The summed E-state index contributed by atoms with van der Waals surface area (Å²) in [6, 6.07) is -0.328. The molecule has 2 heterocycles. The molecule has 1 N–H and O–H groups in total. The van der Waals surface area contributed by atoms with Gasteiger partial charge in [0.05, 0.1) is 12.1 Å². The van der Waals surface area contributed by atoms with Crippen molar-refractivity contribution in [1.29, 1.82) is 0 Å². The number of nitrogens with zero attached hydrogens (tertiary/aromatic N) is 3. The second-order valence-corrected chi connectivity index (χ2v) is 6.75. The fraction of sp³-hybridized carbons (Fsp3) is 0.706. The van der Waals surface area contributed by atoms with Gasteiger partial charge in [-0.1, -0.05) is 0 Å². The van der Waals surface area contributed by atoms with Gasteiger partial charge in [-0.25, -0.2) is 4.98 Å². The van der Waals surface area contributed by atoms with E-state index in [1.165, 1.54) is 0 Å². The van der Waals surface area contributed by atoms with Gasteiger partial charge in [0, 0.05) is 45.4 Å². The first-order valence-electron chi connectivity index (χ1n) is 8.66. The van der Waals surface area contributed by atoms with Gasteiger partial charge in [0.15, 0.2) is 0 Å². The molecule has 2 amide bonds. The summed E-state index contributed by atoms with van der Waals surface area (Å²) < 4.78 is 7.44. The molecule has 1 saturated carbocycles. The molecule has 0 unspecified atom stereocenters. The number of amides is 2. The molecule has 0 bridgehead atoms. The number of aryl methyl sites for hydroxylation is 1. The van der Waals surface area contributed by atoms with Crippen molar-refractivity contribution in [3.63, 3.8) is 0 Å². The van der Waals surface area contributed by atoms with E-state index in [0.29, 0.717) is 19.4 Å². The monoisotopic (exact) mass is 334 g/mol. The van der Waals surface area contributed by atoms with Crippen molar-refractivity contribution in [2.45, 2.75) is 50.8 Å². The van der Waals surface area contributed by atoms with Gasteiger partial charge in [0.25, 0.3) is 0 Å². The van der Waals surface area contributed by atoms with E-state index in [2.05, 4.69) is 10.3 Å². The van der Waals surface area contributed by atoms with Crippen molar-refractivity contribution in [3.05, 3.63) is 18.2 Å². The number of aromatic nitrogens is 2. The number of imidazole rings is 1. The number of carbonyl (C=O) groups is 2. The Morgan fingerprint density at radius 1 is 1.42 bits per heavy atom. The van der Waals surface area contributed by atoms with E-state index in [1.807, 2.05) is 24.7 Å². The first-order chi connectivity index (χ1) is 11.5. The van der Waals surface area contributed by atoms with Crippen LogP contribution in [0, 0.1) is 5.92 Å². The SMILES string of the molecule is CCOC1CC(C(=O)N[C@@H]2CCC(=O)N(C)[C@H]2c2nccn2C)C1. The fourth-order valence-electron chi connectivity index (χ4n) is 3.66. The molecular weight excluding hydrogens is 308 g/mol. The summed E-state index contributed by atoms with van der Waals surface area (Å²) in [6.45, 7) is 2.66. The van der Waals surface area contributed by atoms with Crippen molar-refractivity contribution in [2.75, 3.05) is 13.7 Å². The van der Waals surface area contributed by atoms with Crippen LogP contribution in [0.3, 0.4) is 0 Å². The van der Waals surface area contributed by atoms with Crippen LogP contribution >= 0.6 is 0 Å². The standard InChI is InChI=1S/C17H26N4O3/c1-4-24-12-9-11(10-12)17(23)19-13-5-6-14(22)21(3)15(13)16-18-7-8-20(16)2/h7-8,11-13,15H,4-6,9-10H2,1-3H3,(H,19,23)/t11?,12?,13-,15-/m1/s1. The summed E-state index contributed by atoms with van der Waals surface area (Å²) in [7, 11) is 3.70. The highest BCUT2D eigenvalue weighted by Crippen LogP contribution is 2.33. The molecule has 1 aromatic heterocycles. The van der Waals surface area contributed by atoms with Crippen molar-refractivity contribution >= 4 is 11.8 Å². The zero-order chi connectivity index (χ0) is 17.3. The number of likely N-dealkylation sites (N-methyl/N-ethyl adjacent to an activating group) is 1. The first kappa shape index (κ1) is 17.0. The Kier molecular flexibility index (Phi) is 4.89. The molecule has 2 aliphatic rings. The van der Waals surface area contributed by atoms with Gasteiger partial charge >= 0.3 is 0 Å². The lowest BCUT2D eigenvalue weighted by Crippen LogP contribution is -2.54. The number of hydrogen-bond donors (Lipinski definition) is 1. The Labute approximate surface area is 142 Å². The van der Waals surface area contributed by atoms with E-state index in [1.54, 1.807) is 18.1 Å². The zero-order valence-corrected chi connectivity index (χ0v) is 14.6. The largest absolute Gasteiger partial charge is 0.378 e. The highest BCUT2D eigenvalue weighted by molar-refractivity contribution is 5.81. The van der Waals surface area contributed by atoms with Crippen LogP contribution in [-0.2, 0) is 21.4 Å². The van der Waals surface area contributed by atoms with Crippen molar-refractivity contribution in [3.8, 4) is 0 Å². The topological polar surface area (TPSA) is 76.5 Å². The second-order valence-electron chi connectivity index (χ2n) is 6.75. The average Bonchev–Trinajstić information content (AvgIpc) is 2.92. The van der Waals surface area contributed by atoms with Gasteiger partial charge in [-0.3, -0.25) is 9.59 Å². The lowest BCUT2D eigenvalue weighted by Gasteiger charge is -2.40. The number of hydrogen-bond acceptors (Lipinski definition) is 4. The highest BCUT2D eigenvalue weighted by Gasteiger charge is 2.41. The van der Waals surface area contributed by atoms with Gasteiger partial charge in [-0.2, -0.15) is 0 Å². The maximum Gasteiger partial charge on any atom is 0.223 e. The molecule has 2 atom stereocenters. The molecule has 1 aromatic rings. The Morgan fingerprint density at radius 3 is 2.79 bits per heavy atom. The van der Waals surface area contributed by atoms with Gasteiger partial charge in [-0.05, 0) is 26.2 Å². The predicted molar refractivity (Wildman–Crippen MR) is 88.0 cm³/mol. The molecular formula is C17H26N4O3. The summed E-state index contributed by atoms with van der Waals surface area (Å²) >= 11 is 0. The summed E-state index contributed by atoms with van der Waals surface area (Å²) in [5.74, 6) is 0.981. The molecule has 1 saturated heterocycles. The van der Waals surface area contributed by atoms with E-state index in [0.717, 1.165) is 18.7 Å². The summed E-state index contributed by atoms with van der Waals surface area (Å²) in [6.07, 6.45) is 6.47. The lowest BCUT2D eigenvalue weighted by atomic mass is 9.81. The summed E-state index contributed by atoms with van der Waals surface area (Å²) in [5.41, 5.74) is 0. The minimum absolute atomic E-state index is 0.0199. The second kappa shape index (κ2) is 6.93. The van der Waals surface area contributed by atoms with Crippen LogP contribution < -0.4 is 5.32 Å². The van der Waals surface area contributed by atoms with Crippen LogP contribution in [0.2, 0.25) is 0 Å². The third-order valence-corrected chi connectivity index (χ3v) is 5.18. The molecule has 1 aliphatic heterocycles. The minimum Gasteiger partial charge on any atom is -0.378 e. The molecule has 24 heavy (non-hydrogen) atoms. The quantitative estimate of drug-likeness (QED) is 0.872.